The van der Waals surface area contributed by atoms with Crippen LogP contribution in [-0.4, -0.2) is 56.4 Å². The van der Waals surface area contributed by atoms with Gasteiger partial charge in [0, 0.05) is 17.9 Å². The van der Waals surface area contributed by atoms with E-state index in [1.807, 2.05) is 0 Å². The van der Waals surface area contributed by atoms with Crippen LogP contribution in [-0.2, 0) is 11.0 Å². The number of alkyl halides is 3. The molecule has 2 unspecified atom stereocenters. The lowest BCUT2D eigenvalue weighted by Crippen LogP contribution is -2.48. The Balaban J connectivity index is 1.99. The summed E-state index contributed by atoms with van der Waals surface area (Å²) in [6.45, 7) is 2.53. The first-order valence-corrected chi connectivity index (χ1v) is 12.9. The van der Waals surface area contributed by atoms with Gasteiger partial charge in [-0.3, -0.25) is 9.59 Å². The van der Waals surface area contributed by atoms with Gasteiger partial charge < -0.3 is 24.4 Å². The Morgan fingerprint density at radius 2 is 1.65 bits per heavy atom. The summed E-state index contributed by atoms with van der Waals surface area (Å²) >= 11 is 1.32. The van der Waals surface area contributed by atoms with Crippen LogP contribution in [0.3, 0.4) is 0 Å². The molecule has 2 aromatic rings. The lowest BCUT2D eigenvalue weighted by atomic mass is 10.1. The quantitative estimate of drug-likeness (QED) is 0.413. The zero-order chi connectivity index (χ0) is 27.2. The maximum atomic E-state index is 13.9. The summed E-state index contributed by atoms with van der Waals surface area (Å²) in [7, 11) is 4.29. The summed E-state index contributed by atoms with van der Waals surface area (Å²) < 4.78 is 55.4. The van der Waals surface area contributed by atoms with Crippen LogP contribution in [0.1, 0.15) is 53.0 Å². The number of carbonyl (C=O) groups excluding carboxylic acids is 2. The number of unbranched alkanes of at least 4 members (excludes halogenated alkanes) is 2. The van der Waals surface area contributed by atoms with Crippen molar-refractivity contribution in [3.8, 4) is 17.2 Å². The van der Waals surface area contributed by atoms with E-state index in [1.165, 1.54) is 62.3 Å². The van der Waals surface area contributed by atoms with Crippen molar-refractivity contribution >= 4 is 23.6 Å². The van der Waals surface area contributed by atoms with Gasteiger partial charge >= 0.3 is 6.18 Å². The molecule has 1 saturated heterocycles. The standard InChI is InChI=1S/C26H31F3N2O5S/c1-5-6-7-12-30-23(32)19-15-37-25(16-8-10-18(11-9-16)26(27,28)29)31(19)24(33)17-13-20(34-2)22(36-4)21(14-17)35-3/h8-11,13-14,19,25H,5-7,12,15H2,1-4H3,(H,30,32). The molecule has 1 aliphatic rings. The van der Waals surface area contributed by atoms with Crippen LogP contribution in [0, 0.1) is 0 Å². The van der Waals surface area contributed by atoms with Gasteiger partial charge in [-0.1, -0.05) is 31.9 Å². The lowest BCUT2D eigenvalue weighted by molar-refractivity contribution is -0.137. The van der Waals surface area contributed by atoms with Crippen molar-refractivity contribution in [2.75, 3.05) is 33.6 Å². The van der Waals surface area contributed by atoms with Crippen molar-refractivity contribution in [2.45, 2.75) is 43.8 Å². The number of carbonyl (C=O) groups is 2. The molecule has 0 bridgehead atoms. The Labute approximate surface area is 218 Å². The van der Waals surface area contributed by atoms with Gasteiger partial charge in [-0.15, -0.1) is 11.8 Å². The van der Waals surface area contributed by atoms with E-state index in [0.717, 1.165) is 31.4 Å². The number of methoxy groups -OCH3 is 3. The molecule has 3 rings (SSSR count). The fourth-order valence-electron chi connectivity index (χ4n) is 4.11. The molecule has 11 heteroatoms. The van der Waals surface area contributed by atoms with Crippen molar-refractivity contribution in [1.82, 2.24) is 10.2 Å². The van der Waals surface area contributed by atoms with Gasteiger partial charge in [0.1, 0.15) is 11.4 Å². The van der Waals surface area contributed by atoms with Gasteiger partial charge in [0.2, 0.25) is 11.7 Å². The number of thioether (sulfide) groups is 1. The van der Waals surface area contributed by atoms with Crippen LogP contribution >= 0.6 is 11.8 Å². The molecule has 0 radical (unpaired) electrons. The minimum Gasteiger partial charge on any atom is -0.493 e. The molecule has 0 aliphatic carbocycles. The fourth-order valence-corrected chi connectivity index (χ4v) is 5.54. The number of hydrogen-bond donors (Lipinski definition) is 1. The molecule has 37 heavy (non-hydrogen) atoms. The van der Waals surface area contributed by atoms with Crippen molar-refractivity contribution in [3.63, 3.8) is 0 Å². The third-order valence-corrected chi connectivity index (χ3v) is 7.38. The topological polar surface area (TPSA) is 77.1 Å². The van der Waals surface area contributed by atoms with Gasteiger partial charge in [0.05, 0.1) is 26.9 Å². The fraction of sp³-hybridized carbons (Fsp3) is 0.462. The molecule has 0 spiro atoms. The second-order valence-corrected chi connectivity index (χ2v) is 9.56. The minimum absolute atomic E-state index is 0.192. The molecular formula is C26H31F3N2O5S. The van der Waals surface area contributed by atoms with Gasteiger partial charge in [-0.2, -0.15) is 13.2 Å². The SMILES string of the molecule is CCCCCNC(=O)C1CSC(c2ccc(C(F)(F)F)cc2)N1C(=O)c1cc(OC)c(OC)c(OC)c1. The highest BCUT2D eigenvalue weighted by Crippen LogP contribution is 2.45. The van der Waals surface area contributed by atoms with Crippen LogP contribution in [0.25, 0.3) is 0 Å². The lowest BCUT2D eigenvalue weighted by Gasteiger charge is -2.29. The second kappa shape index (κ2) is 12.4. The number of rotatable bonds is 10. The van der Waals surface area contributed by atoms with Crippen LogP contribution in [0.4, 0.5) is 13.2 Å². The minimum atomic E-state index is -4.48. The summed E-state index contributed by atoms with van der Waals surface area (Å²) in [6.07, 6.45) is -1.71. The molecule has 1 fully saturated rings. The van der Waals surface area contributed by atoms with E-state index in [9.17, 15) is 22.8 Å². The van der Waals surface area contributed by atoms with E-state index in [2.05, 4.69) is 12.2 Å². The highest BCUT2D eigenvalue weighted by Gasteiger charge is 2.43. The summed E-state index contributed by atoms with van der Waals surface area (Å²) in [6, 6.07) is 6.83. The Kier molecular flexibility index (Phi) is 9.58. The highest BCUT2D eigenvalue weighted by molar-refractivity contribution is 7.99. The molecule has 1 N–H and O–H groups in total. The molecule has 2 atom stereocenters. The number of nitrogens with zero attached hydrogens (tertiary/aromatic N) is 1. The smallest absolute Gasteiger partial charge is 0.416 e. The molecule has 1 aliphatic heterocycles. The first kappa shape index (κ1) is 28.5. The van der Waals surface area contributed by atoms with Crippen LogP contribution < -0.4 is 19.5 Å². The largest absolute Gasteiger partial charge is 0.493 e. The summed E-state index contributed by atoms with van der Waals surface area (Å²) in [5, 5.41) is 2.23. The van der Waals surface area contributed by atoms with E-state index in [0.29, 0.717) is 23.6 Å². The van der Waals surface area contributed by atoms with Crippen molar-refractivity contribution in [3.05, 3.63) is 53.1 Å². The normalized spacial score (nSPS) is 17.4. The summed E-state index contributed by atoms with van der Waals surface area (Å²) in [4.78, 5) is 28.4. The van der Waals surface area contributed by atoms with Crippen LogP contribution in [0.5, 0.6) is 17.2 Å². The zero-order valence-electron chi connectivity index (χ0n) is 21.2. The maximum absolute atomic E-state index is 13.9. The number of hydrogen-bond acceptors (Lipinski definition) is 6. The highest BCUT2D eigenvalue weighted by atomic mass is 32.2. The average Bonchev–Trinajstić information content (AvgIpc) is 3.34. The van der Waals surface area contributed by atoms with Gasteiger partial charge in [-0.05, 0) is 36.2 Å². The van der Waals surface area contributed by atoms with E-state index < -0.39 is 29.1 Å². The van der Waals surface area contributed by atoms with E-state index in [1.54, 1.807) is 0 Å². The predicted molar refractivity (Wildman–Crippen MR) is 135 cm³/mol. The first-order chi connectivity index (χ1) is 17.7. The predicted octanol–water partition coefficient (Wildman–Crippen LogP) is 5.29. The number of amides is 2. The second-order valence-electron chi connectivity index (χ2n) is 8.45. The number of ether oxygens (including phenoxy) is 3. The van der Waals surface area contributed by atoms with E-state index >= 15 is 0 Å². The molecule has 2 amide bonds. The van der Waals surface area contributed by atoms with Gasteiger partial charge in [0.25, 0.3) is 5.91 Å². The monoisotopic (exact) mass is 540 g/mol. The van der Waals surface area contributed by atoms with Gasteiger partial charge in [0.15, 0.2) is 11.5 Å². The Hall–Kier alpha value is -3.08. The zero-order valence-corrected chi connectivity index (χ0v) is 22.0. The molecular weight excluding hydrogens is 509 g/mol. The summed E-state index contributed by atoms with van der Waals surface area (Å²) in [5.41, 5.74) is -0.107. The summed E-state index contributed by atoms with van der Waals surface area (Å²) in [5.74, 6) is 0.345. The Bertz CT molecular complexity index is 1070. The maximum Gasteiger partial charge on any atom is 0.416 e. The van der Waals surface area contributed by atoms with Crippen LogP contribution in [0.2, 0.25) is 0 Å². The third kappa shape index (κ3) is 6.44. The average molecular weight is 541 g/mol. The number of benzene rings is 2. The van der Waals surface area contributed by atoms with Crippen molar-refractivity contribution < 1.29 is 37.0 Å². The van der Waals surface area contributed by atoms with Crippen molar-refractivity contribution in [2.24, 2.45) is 0 Å². The Morgan fingerprint density at radius 1 is 1.03 bits per heavy atom. The Morgan fingerprint density at radius 3 is 2.16 bits per heavy atom. The van der Waals surface area contributed by atoms with Gasteiger partial charge in [-0.25, -0.2) is 0 Å². The van der Waals surface area contributed by atoms with E-state index in [-0.39, 0.29) is 23.0 Å². The molecule has 2 aromatic carbocycles. The molecule has 0 aromatic heterocycles. The number of halogens is 3. The molecule has 7 nitrogen and oxygen atoms in total. The van der Waals surface area contributed by atoms with Crippen LogP contribution in [0.15, 0.2) is 36.4 Å². The molecule has 202 valence electrons. The first-order valence-electron chi connectivity index (χ1n) is 11.8. The third-order valence-electron chi connectivity index (χ3n) is 6.05. The van der Waals surface area contributed by atoms with Crippen molar-refractivity contribution in [1.29, 1.82) is 0 Å². The number of nitrogens with one attached hydrogen (secondary N) is 1. The molecule has 1 heterocycles. The molecule has 0 saturated carbocycles. The van der Waals surface area contributed by atoms with E-state index in [4.69, 9.17) is 14.2 Å².